The van der Waals surface area contributed by atoms with E-state index in [0.717, 1.165) is 11.3 Å². The first-order chi connectivity index (χ1) is 11.6. The summed E-state index contributed by atoms with van der Waals surface area (Å²) in [6, 6.07) is 9.06. The number of morpholine rings is 1. The molecule has 6 nitrogen and oxygen atoms in total. The van der Waals surface area contributed by atoms with Crippen molar-refractivity contribution in [2.45, 2.75) is 19.1 Å². The number of hydrogen-bond donors (Lipinski definition) is 0. The van der Waals surface area contributed by atoms with E-state index in [1.54, 1.807) is 22.4 Å². The highest BCUT2D eigenvalue weighted by atomic mass is 32.1. The van der Waals surface area contributed by atoms with Gasteiger partial charge in [0.15, 0.2) is 0 Å². The highest BCUT2D eigenvalue weighted by Gasteiger charge is 2.35. The third-order valence-electron chi connectivity index (χ3n) is 3.94. The molecule has 2 amide bonds. The zero-order valence-corrected chi connectivity index (χ0v) is 14.2. The van der Waals surface area contributed by atoms with E-state index in [1.807, 2.05) is 35.7 Å². The van der Waals surface area contributed by atoms with E-state index >= 15 is 0 Å². The van der Waals surface area contributed by atoms with Crippen molar-refractivity contribution in [3.05, 3.63) is 52.5 Å². The van der Waals surface area contributed by atoms with Crippen LogP contribution >= 0.6 is 11.3 Å². The molecule has 126 valence electrons. The van der Waals surface area contributed by atoms with Gasteiger partial charge >= 0.3 is 0 Å². The predicted octanol–water partition coefficient (Wildman–Crippen LogP) is 1.53. The lowest BCUT2D eigenvalue weighted by atomic mass is 10.1. The summed E-state index contributed by atoms with van der Waals surface area (Å²) >= 11 is 1.49. The number of ether oxygens (including phenoxy) is 1. The average molecular weight is 345 g/mol. The Balaban J connectivity index is 1.73. The maximum Gasteiger partial charge on any atom is 0.249 e. The molecule has 0 N–H and O–H groups in total. The molecular formula is C17H19N3O3S. The first-order valence-electron chi connectivity index (χ1n) is 7.68. The molecule has 3 rings (SSSR count). The van der Waals surface area contributed by atoms with Crippen molar-refractivity contribution in [1.29, 1.82) is 0 Å². The number of amides is 2. The largest absolute Gasteiger partial charge is 0.369 e. The van der Waals surface area contributed by atoms with Crippen molar-refractivity contribution >= 4 is 23.2 Å². The fourth-order valence-corrected chi connectivity index (χ4v) is 3.23. The molecule has 0 bridgehead atoms. The van der Waals surface area contributed by atoms with Crippen LogP contribution in [-0.4, -0.2) is 52.9 Å². The topological polar surface area (TPSA) is 62.7 Å². The van der Waals surface area contributed by atoms with Crippen LogP contribution in [0.15, 0.2) is 41.2 Å². The van der Waals surface area contributed by atoms with E-state index in [1.165, 1.54) is 11.3 Å². The zero-order chi connectivity index (χ0) is 16.9. The monoisotopic (exact) mass is 345 g/mol. The van der Waals surface area contributed by atoms with Crippen LogP contribution in [0.2, 0.25) is 0 Å². The van der Waals surface area contributed by atoms with Crippen LogP contribution in [0.1, 0.15) is 11.3 Å². The summed E-state index contributed by atoms with van der Waals surface area (Å²) in [6.45, 7) is 1.07. The molecule has 0 aliphatic carbocycles. The van der Waals surface area contributed by atoms with Crippen LogP contribution in [-0.2, 0) is 27.4 Å². The number of aromatic nitrogens is 1. The summed E-state index contributed by atoms with van der Waals surface area (Å²) in [4.78, 5) is 32.5. The van der Waals surface area contributed by atoms with E-state index < -0.39 is 6.04 Å². The molecule has 1 fully saturated rings. The third-order valence-corrected chi connectivity index (χ3v) is 4.57. The van der Waals surface area contributed by atoms with Crippen molar-refractivity contribution in [2.24, 2.45) is 0 Å². The van der Waals surface area contributed by atoms with Crippen molar-refractivity contribution in [2.75, 3.05) is 20.3 Å². The lowest BCUT2D eigenvalue weighted by molar-refractivity contribution is -0.159. The van der Waals surface area contributed by atoms with Crippen LogP contribution < -0.4 is 0 Å². The Morgan fingerprint density at radius 2 is 2.21 bits per heavy atom. The van der Waals surface area contributed by atoms with Crippen molar-refractivity contribution in [3.63, 3.8) is 0 Å². The van der Waals surface area contributed by atoms with Gasteiger partial charge in [0.1, 0.15) is 12.6 Å². The van der Waals surface area contributed by atoms with E-state index in [9.17, 15) is 9.59 Å². The summed E-state index contributed by atoms with van der Waals surface area (Å²) < 4.78 is 5.32. The molecule has 0 spiro atoms. The molecule has 24 heavy (non-hydrogen) atoms. The molecule has 1 aliphatic heterocycles. The van der Waals surface area contributed by atoms with Gasteiger partial charge in [0.2, 0.25) is 11.8 Å². The normalized spacial score (nSPS) is 17.8. The van der Waals surface area contributed by atoms with Gasteiger partial charge in [-0.2, -0.15) is 0 Å². The Labute approximate surface area is 144 Å². The van der Waals surface area contributed by atoms with Crippen molar-refractivity contribution in [3.8, 4) is 0 Å². The summed E-state index contributed by atoms with van der Waals surface area (Å²) in [7, 11) is 1.72. The summed E-state index contributed by atoms with van der Waals surface area (Å²) in [5.41, 5.74) is 3.57. The van der Waals surface area contributed by atoms with Crippen molar-refractivity contribution < 1.29 is 14.3 Å². The Kier molecular flexibility index (Phi) is 5.22. The van der Waals surface area contributed by atoms with Crippen LogP contribution in [0.4, 0.5) is 0 Å². The molecule has 1 aromatic heterocycles. The van der Waals surface area contributed by atoms with Gasteiger partial charge in [-0.25, -0.2) is 4.98 Å². The van der Waals surface area contributed by atoms with Gasteiger partial charge in [-0.15, -0.1) is 11.3 Å². The number of likely N-dealkylation sites (N-methyl/N-ethyl adjacent to an activating group) is 1. The van der Waals surface area contributed by atoms with Crippen LogP contribution in [0, 0.1) is 0 Å². The maximum absolute atomic E-state index is 12.8. The lowest BCUT2D eigenvalue weighted by Gasteiger charge is -2.36. The Bertz CT molecular complexity index is 690. The van der Waals surface area contributed by atoms with E-state index in [0.29, 0.717) is 13.1 Å². The number of carbonyl (C=O) groups is 2. The Morgan fingerprint density at radius 3 is 2.92 bits per heavy atom. The second-order valence-corrected chi connectivity index (χ2v) is 6.43. The first-order valence-corrected chi connectivity index (χ1v) is 8.62. The molecule has 1 unspecified atom stereocenters. The third kappa shape index (κ3) is 3.80. The molecule has 2 aromatic rings. The number of nitrogens with zero attached hydrogens (tertiary/aromatic N) is 3. The number of benzene rings is 1. The molecule has 1 saturated heterocycles. The maximum atomic E-state index is 12.8. The molecule has 0 radical (unpaired) electrons. The number of hydrogen-bond acceptors (Lipinski definition) is 5. The Hall–Kier alpha value is -2.25. The predicted molar refractivity (Wildman–Crippen MR) is 90.2 cm³/mol. The van der Waals surface area contributed by atoms with Gasteiger partial charge in [0.05, 0.1) is 24.4 Å². The molecule has 1 aliphatic rings. The minimum Gasteiger partial charge on any atom is -0.369 e. The summed E-state index contributed by atoms with van der Waals surface area (Å²) in [6.07, 6.45) is 0. The second kappa shape index (κ2) is 7.55. The minimum atomic E-state index is -0.602. The molecule has 1 aromatic carbocycles. The molecular weight excluding hydrogens is 326 g/mol. The Morgan fingerprint density at radius 1 is 1.42 bits per heavy atom. The van der Waals surface area contributed by atoms with Crippen LogP contribution in [0.25, 0.3) is 0 Å². The van der Waals surface area contributed by atoms with Gasteiger partial charge in [-0.05, 0) is 5.56 Å². The van der Waals surface area contributed by atoms with Gasteiger partial charge in [-0.3, -0.25) is 9.59 Å². The molecule has 2 heterocycles. The van der Waals surface area contributed by atoms with E-state index in [-0.39, 0.29) is 25.0 Å². The molecule has 7 heteroatoms. The molecule has 1 atom stereocenters. The first kappa shape index (κ1) is 16.6. The minimum absolute atomic E-state index is 0.0203. The van der Waals surface area contributed by atoms with Gasteiger partial charge in [-0.1, -0.05) is 30.3 Å². The second-order valence-electron chi connectivity index (χ2n) is 5.71. The summed E-state index contributed by atoms with van der Waals surface area (Å²) in [5.74, 6) is -0.294. The smallest absolute Gasteiger partial charge is 0.249 e. The zero-order valence-electron chi connectivity index (χ0n) is 13.4. The fraction of sp³-hybridized carbons (Fsp3) is 0.353. The van der Waals surface area contributed by atoms with Gasteiger partial charge in [0, 0.05) is 19.0 Å². The van der Waals surface area contributed by atoms with E-state index in [4.69, 9.17) is 4.74 Å². The standard InChI is InChI=1S/C17H19N3O3S/c1-19(8-14-11-24-12-18-14)17(22)15-9-23-10-16(21)20(15)7-13-5-3-2-4-6-13/h2-6,11-12,15H,7-10H2,1H3. The summed E-state index contributed by atoms with van der Waals surface area (Å²) in [5, 5.41) is 1.91. The number of thiazole rings is 1. The van der Waals surface area contributed by atoms with Gasteiger partial charge < -0.3 is 14.5 Å². The quantitative estimate of drug-likeness (QED) is 0.824. The van der Waals surface area contributed by atoms with Crippen LogP contribution in [0.5, 0.6) is 0 Å². The van der Waals surface area contributed by atoms with Gasteiger partial charge in [0.25, 0.3) is 0 Å². The van der Waals surface area contributed by atoms with E-state index in [2.05, 4.69) is 4.98 Å². The average Bonchev–Trinajstić information content (AvgIpc) is 3.10. The lowest BCUT2D eigenvalue weighted by Crippen LogP contribution is -2.56. The molecule has 0 saturated carbocycles. The highest BCUT2D eigenvalue weighted by molar-refractivity contribution is 7.07. The SMILES string of the molecule is CN(Cc1cscn1)C(=O)C1COCC(=O)N1Cc1ccccc1. The fourth-order valence-electron chi connectivity index (χ4n) is 2.68. The van der Waals surface area contributed by atoms with Crippen LogP contribution in [0.3, 0.4) is 0 Å². The number of rotatable bonds is 5. The van der Waals surface area contributed by atoms with Crippen molar-refractivity contribution in [1.82, 2.24) is 14.8 Å². The number of carbonyl (C=O) groups excluding carboxylic acids is 2. The highest BCUT2D eigenvalue weighted by Crippen LogP contribution is 2.16.